The number of carboxylic acids is 1. The smallest absolute Gasteiger partial charge is 0.320 e. The molecule has 1 heterocycles. The van der Waals surface area contributed by atoms with Crippen molar-refractivity contribution in [1.29, 1.82) is 0 Å². The second-order valence-corrected chi connectivity index (χ2v) is 4.02. The van der Waals surface area contributed by atoms with Crippen LogP contribution in [0.2, 0.25) is 0 Å². The summed E-state index contributed by atoms with van der Waals surface area (Å²) in [5.41, 5.74) is 4.89. The number of carboxylic acid groups (broad SMARTS) is 1. The fraction of sp³-hybridized carbons (Fsp3) is 0.417. The van der Waals surface area contributed by atoms with Gasteiger partial charge in [0.25, 0.3) is 0 Å². The van der Waals surface area contributed by atoms with Crippen LogP contribution in [0.3, 0.4) is 0 Å². The van der Waals surface area contributed by atoms with Crippen molar-refractivity contribution in [3.63, 3.8) is 0 Å². The zero-order valence-electron chi connectivity index (χ0n) is 9.67. The molecule has 0 bridgehead atoms. The molecule has 1 aliphatic heterocycles. The second kappa shape index (κ2) is 5.54. The summed E-state index contributed by atoms with van der Waals surface area (Å²) in [5, 5.41) is 8.83. The molecule has 0 fully saturated rings. The molecule has 3 N–H and O–H groups in total. The Morgan fingerprint density at radius 2 is 2.29 bits per heavy atom. The highest BCUT2D eigenvalue weighted by Crippen LogP contribution is 2.26. The Morgan fingerprint density at radius 1 is 1.59 bits per heavy atom. The van der Waals surface area contributed by atoms with E-state index in [2.05, 4.69) is 23.1 Å². The predicted molar refractivity (Wildman–Crippen MR) is 68.5 cm³/mol. The molecule has 0 aromatic rings. The number of carbonyl (C=O) groups is 1. The fourth-order valence-electron chi connectivity index (χ4n) is 1.73. The molecule has 0 aromatic carbocycles. The van der Waals surface area contributed by atoms with Crippen LogP contribution in [-0.4, -0.2) is 34.7 Å². The highest BCUT2D eigenvalue weighted by Gasteiger charge is 2.34. The summed E-state index contributed by atoms with van der Waals surface area (Å²) in [5.74, 6) is -0.381. The molecule has 1 rings (SSSR count). The van der Waals surface area contributed by atoms with Crippen molar-refractivity contribution in [3.8, 4) is 0 Å². The lowest BCUT2D eigenvalue weighted by molar-refractivity contribution is -0.138. The van der Waals surface area contributed by atoms with Crippen molar-refractivity contribution in [3.05, 3.63) is 25.3 Å². The van der Waals surface area contributed by atoms with E-state index in [1.807, 2.05) is 0 Å². The van der Waals surface area contributed by atoms with Gasteiger partial charge in [-0.05, 0) is 6.42 Å². The van der Waals surface area contributed by atoms with Gasteiger partial charge in [0.15, 0.2) is 0 Å². The van der Waals surface area contributed by atoms with Gasteiger partial charge in [0.1, 0.15) is 17.4 Å². The van der Waals surface area contributed by atoms with Crippen molar-refractivity contribution < 1.29 is 9.90 Å². The van der Waals surface area contributed by atoms with Crippen LogP contribution >= 0.6 is 0 Å². The van der Waals surface area contributed by atoms with E-state index in [4.69, 9.17) is 10.8 Å². The molecule has 0 saturated carbocycles. The van der Waals surface area contributed by atoms with Crippen LogP contribution in [0.4, 0.5) is 0 Å². The van der Waals surface area contributed by atoms with Crippen LogP contribution < -0.4 is 5.73 Å². The molecular formula is C12H17N3O2. The van der Waals surface area contributed by atoms with Crippen molar-refractivity contribution in [2.24, 2.45) is 15.7 Å². The first-order chi connectivity index (χ1) is 8.03. The molecule has 0 aromatic heterocycles. The van der Waals surface area contributed by atoms with Crippen LogP contribution in [0.25, 0.3) is 0 Å². The first-order valence-corrected chi connectivity index (χ1v) is 5.37. The Kier molecular flexibility index (Phi) is 4.34. The van der Waals surface area contributed by atoms with Gasteiger partial charge in [0.2, 0.25) is 0 Å². The van der Waals surface area contributed by atoms with Gasteiger partial charge in [-0.15, -0.1) is 13.2 Å². The van der Waals surface area contributed by atoms with Crippen molar-refractivity contribution >= 4 is 18.0 Å². The maximum atomic E-state index is 10.8. The van der Waals surface area contributed by atoms with E-state index in [0.29, 0.717) is 18.7 Å². The standard InChI is InChI=1S/C12H17N3O2/c1-3-5-10-14-8-12(15-10,6-4-2)7-9(13)11(16)17/h3-4,8-9H,1-2,5-7,13H2,(H,16,17). The molecule has 0 aliphatic carbocycles. The van der Waals surface area contributed by atoms with Crippen LogP contribution in [0, 0.1) is 0 Å². The normalized spacial score (nSPS) is 24.2. The highest BCUT2D eigenvalue weighted by atomic mass is 16.4. The minimum atomic E-state index is -1.03. The number of nitrogens with two attached hydrogens (primary N) is 1. The van der Waals surface area contributed by atoms with Crippen LogP contribution in [0.1, 0.15) is 19.3 Å². The summed E-state index contributed by atoms with van der Waals surface area (Å²) in [6.45, 7) is 7.27. The number of aliphatic carboxylic acids is 1. The predicted octanol–water partition coefficient (Wildman–Crippen LogP) is 1.16. The molecular weight excluding hydrogens is 218 g/mol. The first kappa shape index (κ1) is 13.3. The Hall–Kier alpha value is -1.75. The molecule has 0 saturated heterocycles. The summed E-state index contributed by atoms with van der Waals surface area (Å²) in [7, 11) is 0. The Balaban J connectivity index is 2.85. The Morgan fingerprint density at radius 3 is 2.82 bits per heavy atom. The van der Waals surface area contributed by atoms with Gasteiger partial charge < -0.3 is 10.8 Å². The number of hydrogen-bond acceptors (Lipinski definition) is 4. The van der Waals surface area contributed by atoms with Gasteiger partial charge in [-0.25, -0.2) is 4.99 Å². The molecule has 5 nitrogen and oxygen atoms in total. The largest absolute Gasteiger partial charge is 0.480 e. The van der Waals surface area contributed by atoms with E-state index in [1.165, 1.54) is 0 Å². The Bertz CT molecular complexity index is 387. The quantitative estimate of drug-likeness (QED) is 0.649. The van der Waals surface area contributed by atoms with Crippen molar-refractivity contribution in [1.82, 2.24) is 0 Å². The van der Waals surface area contributed by atoms with Gasteiger partial charge >= 0.3 is 5.97 Å². The summed E-state index contributed by atoms with van der Waals surface area (Å²) < 4.78 is 0. The lowest BCUT2D eigenvalue weighted by atomic mass is 9.90. The number of nitrogens with zero attached hydrogens (tertiary/aromatic N) is 2. The zero-order chi connectivity index (χ0) is 12.9. The molecule has 0 amide bonds. The zero-order valence-corrected chi connectivity index (χ0v) is 9.67. The van der Waals surface area contributed by atoms with Gasteiger partial charge in [0, 0.05) is 19.1 Å². The molecule has 2 unspecified atom stereocenters. The van der Waals surface area contributed by atoms with Gasteiger partial charge in [-0.3, -0.25) is 9.79 Å². The highest BCUT2D eigenvalue weighted by molar-refractivity contribution is 5.99. The van der Waals surface area contributed by atoms with Crippen LogP contribution in [0.15, 0.2) is 35.3 Å². The van der Waals surface area contributed by atoms with Crippen LogP contribution in [-0.2, 0) is 4.79 Å². The van der Waals surface area contributed by atoms with E-state index in [0.717, 1.165) is 0 Å². The van der Waals surface area contributed by atoms with Gasteiger partial charge in [0.05, 0.1) is 0 Å². The molecule has 2 atom stereocenters. The minimum absolute atomic E-state index is 0.221. The maximum absolute atomic E-state index is 10.8. The van der Waals surface area contributed by atoms with Crippen molar-refractivity contribution in [2.45, 2.75) is 30.8 Å². The summed E-state index contributed by atoms with van der Waals surface area (Å²) in [6.07, 6.45) is 6.38. The van der Waals surface area contributed by atoms with E-state index in [9.17, 15) is 4.79 Å². The van der Waals surface area contributed by atoms with Crippen molar-refractivity contribution in [2.75, 3.05) is 0 Å². The topological polar surface area (TPSA) is 88.0 Å². The lowest BCUT2D eigenvalue weighted by Crippen LogP contribution is -2.40. The number of amidine groups is 1. The molecule has 17 heavy (non-hydrogen) atoms. The average Bonchev–Trinajstić information content (AvgIpc) is 2.62. The van der Waals surface area contributed by atoms with E-state index < -0.39 is 17.6 Å². The molecule has 0 spiro atoms. The van der Waals surface area contributed by atoms with E-state index >= 15 is 0 Å². The number of aliphatic imine (C=N–C) groups is 2. The average molecular weight is 235 g/mol. The fourth-order valence-corrected chi connectivity index (χ4v) is 1.73. The molecule has 1 aliphatic rings. The first-order valence-electron chi connectivity index (χ1n) is 5.37. The number of hydrogen-bond donors (Lipinski definition) is 2. The number of rotatable bonds is 7. The molecule has 5 heteroatoms. The summed E-state index contributed by atoms with van der Waals surface area (Å²) in [6, 6.07) is -0.951. The van der Waals surface area contributed by atoms with Crippen LogP contribution in [0.5, 0.6) is 0 Å². The monoisotopic (exact) mass is 235 g/mol. The van der Waals surface area contributed by atoms with Gasteiger partial charge in [-0.1, -0.05) is 12.2 Å². The SMILES string of the molecule is C=CCC1=NC(CC=C)(CC(N)C(=O)O)C=N1. The van der Waals surface area contributed by atoms with E-state index in [-0.39, 0.29) is 6.42 Å². The summed E-state index contributed by atoms with van der Waals surface area (Å²) in [4.78, 5) is 19.4. The third kappa shape index (κ3) is 3.35. The summed E-state index contributed by atoms with van der Waals surface area (Å²) >= 11 is 0. The second-order valence-electron chi connectivity index (χ2n) is 4.02. The minimum Gasteiger partial charge on any atom is -0.480 e. The van der Waals surface area contributed by atoms with Gasteiger partial charge in [-0.2, -0.15) is 0 Å². The molecule has 0 radical (unpaired) electrons. The maximum Gasteiger partial charge on any atom is 0.320 e. The third-order valence-electron chi connectivity index (χ3n) is 2.52. The van der Waals surface area contributed by atoms with E-state index in [1.54, 1.807) is 18.4 Å². The lowest BCUT2D eigenvalue weighted by Gasteiger charge is -2.23. The Labute approximate surface area is 100 Å². The third-order valence-corrected chi connectivity index (χ3v) is 2.52. The molecule has 92 valence electrons.